The number of likely N-dealkylation sites (tertiary alicyclic amines) is 1. The van der Waals surface area contributed by atoms with Crippen LogP contribution in [0.25, 0.3) is 11.4 Å². The summed E-state index contributed by atoms with van der Waals surface area (Å²) in [5.74, 6) is 1.27. The largest absolute Gasteiger partial charge is 0.493 e. The highest BCUT2D eigenvalue weighted by molar-refractivity contribution is 6.33. The predicted molar refractivity (Wildman–Crippen MR) is 121 cm³/mol. The second-order valence-corrected chi connectivity index (χ2v) is 8.18. The number of benzene rings is 2. The van der Waals surface area contributed by atoms with Gasteiger partial charge < -0.3 is 19.3 Å². The van der Waals surface area contributed by atoms with Gasteiger partial charge in [0, 0.05) is 12.1 Å². The number of nitrogens with one attached hydrogen (secondary N) is 1. The van der Waals surface area contributed by atoms with Crippen LogP contribution in [0.2, 0.25) is 5.02 Å². The zero-order valence-electron chi connectivity index (χ0n) is 18.3. The van der Waals surface area contributed by atoms with Crippen molar-refractivity contribution >= 4 is 23.2 Å². The van der Waals surface area contributed by atoms with Gasteiger partial charge in [0.1, 0.15) is 5.82 Å². The van der Waals surface area contributed by atoms with Crippen LogP contribution >= 0.6 is 11.6 Å². The summed E-state index contributed by atoms with van der Waals surface area (Å²) in [5, 5.41) is 7.05. The van der Waals surface area contributed by atoms with Gasteiger partial charge in [-0.15, -0.1) is 0 Å². The monoisotopic (exact) mass is 474 g/mol. The van der Waals surface area contributed by atoms with Crippen molar-refractivity contribution < 1.29 is 23.2 Å². The van der Waals surface area contributed by atoms with Crippen LogP contribution in [0, 0.1) is 11.7 Å². The summed E-state index contributed by atoms with van der Waals surface area (Å²) < 4.78 is 29.3. The number of nitrogens with zero attached hydrogens (tertiary/aromatic N) is 3. The molecule has 1 aromatic heterocycles. The van der Waals surface area contributed by atoms with Gasteiger partial charge in [0.15, 0.2) is 11.5 Å². The fraction of sp³-hybridized carbons (Fsp3) is 0.348. The summed E-state index contributed by atoms with van der Waals surface area (Å²) in [6, 6.07) is 9.30. The number of hydrogen-bond donors (Lipinski definition) is 1. The normalized spacial score (nSPS) is 16.4. The maximum absolute atomic E-state index is 13.2. The van der Waals surface area contributed by atoms with Gasteiger partial charge in [-0.2, -0.15) is 4.98 Å². The van der Waals surface area contributed by atoms with Gasteiger partial charge in [-0.25, -0.2) is 4.39 Å². The van der Waals surface area contributed by atoms with Gasteiger partial charge in [-0.1, -0.05) is 16.8 Å². The second-order valence-electron chi connectivity index (χ2n) is 7.77. The lowest BCUT2D eigenvalue weighted by molar-refractivity contribution is -0.121. The molecule has 0 saturated carbocycles. The number of aromatic nitrogens is 2. The Hall–Kier alpha value is -3.17. The summed E-state index contributed by atoms with van der Waals surface area (Å²) in [4.78, 5) is 19.3. The number of methoxy groups -OCH3 is 2. The molecule has 1 saturated heterocycles. The molecule has 8 nitrogen and oxygen atoms in total. The number of piperidine rings is 1. The zero-order valence-corrected chi connectivity index (χ0v) is 19.1. The number of carbonyl (C=O) groups excluding carboxylic acids is 1. The van der Waals surface area contributed by atoms with Crippen molar-refractivity contribution in [3.05, 3.63) is 53.1 Å². The number of rotatable bonds is 7. The molecule has 0 aliphatic carbocycles. The van der Waals surface area contributed by atoms with E-state index in [1.807, 2.05) is 6.07 Å². The second kappa shape index (κ2) is 10.2. The van der Waals surface area contributed by atoms with Crippen molar-refractivity contribution in [2.75, 3.05) is 32.6 Å². The first kappa shape index (κ1) is 23.0. The van der Waals surface area contributed by atoms with Crippen LogP contribution in [-0.4, -0.2) is 48.3 Å². The Morgan fingerprint density at radius 3 is 2.82 bits per heavy atom. The minimum Gasteiger partial charge on any atom is -0.493 e. The SMILES string of the molecule is COc1ccc(-c2noc(CN3CCCC(C(=O)Nc4ccc(F)cc4Cl)C3)n2)cc1OC. The van der Waals surface area contributed by atoms with Gasteiger partial charge in [-0.05, 0) is 55.8 Å². The average molecular weight is 475 g/mol. The smallest absolute Gasteiger partial charge is 0.241 e. The molecule has 3 aromatic rings. The van der Waals surface area contributed by atoms with Gasteiger partial charge in [-0.3, -0.25) is 9.69 Å². The van der Waals surface area contributed by atoms with Crippen LogP contribution in [-0.2, 0) is 11.3 Å². The van der Waals surface area contributed by atoms with Gasteiger partial charge in [0.2, 0.25) is 17.6 Å². The summed E-state index contributed by atoms with van der Waals surface area (Å²) in [5.41, 5.74) is 1.14. The minimum absolute atomic E-state index is 0.148. The third-order valence-electron chi connectivity index (χ3n) is 5.53. The molecule has 1 unspecified atom stereocenters. The quantitative estimate of drug-likeness (QED) is 0.543. The third kappa shape index (κ3) is 5.43. The Morgan fingerprint density at radius 1 is 1.24 bits per heavy atom. The number of carbonyl (C=O) groups is 1. The molecule has 1 aliphatic rings. The van der Waals surface area contributed by atoms with Crippen molar-refractivity contribution in [1.82, 2.24) is 15.0 Å². The van der Waals surface area contributed by atoms with Gasteiger partial charge in [0.25, 0.3) is 0 Å². The molecule has 2 heterocycles. The molecule has 174 valence electrons. The number of ether oxygens (including phenoxy) is 2. The molecule has 1 fully saturated rings. The van der Waals surface area contributed by atoms with Crippen molar-refractivity contribution in [2.24, 2.45) is 5.92 Å². The molecule has 4 rings (SSSR count). The molecular weight excluding hydrogens is 451 g/mol. The molecular formula is C23H24ClFN4O4. The van der Waals surface area contributed by atoms with E-state index in [1.165, 1.54) is 18.2 Å². The first-order chi connectivity index (χ1) is 16.0. The van der Waals surface area contributed by atoms with E-state index in [-0.39, 0.29) is 16.8 Å². The van der Waals surface area contributed by atoms with E-state index >= 15 is 0 Å². The first-order valence-electron chi connectivity index (χ1n) is 10.5. The van der Waals surface area contributed by atoms with Crippen molar-refractivity contribution in [1.29, 1.82) is 0 Å². The molecule has 2 aromatic carbocycles. The molecule has 0 radical (unpaired) electrons. The lowest BCUT2D eigenvalue weighted by atomic mass is 9.97. The van der Waals surface area contributed by atoms with Crippen LogP contribution in [0.3, 0.4) is 0 Å². The third-order valence-corrected chi connectivity index (χ3v) is 5.85. The highest BCUT2D eigenvalue weighted by Gasteiger charge is 2.27. The van der Waals surface area contributed by atoms with Gasteiger partial charge >= 0.3 is 0 Å². The molecule has 1 N–H and O–H groups in total. The summed E-state index contributed by atoms with van der Waals surface area (Å²) >= 11 is 6.03. The van der Waals surface area contributed by atoms with Crippen LogP contribution in [0.15, 0.2) is 40.9 Å². The number of hydrogen-bond acceptors (Lipinski definition) is 7. The zero-order chi connectivity index (χ0) is 23.4. The Balaban J connectivity index is 1.39. The number of amides is 1. The Morgan fingerprint density at radius 2 is 2.06 bits per heavy atom. The molecule has 1 atom stereocenters. The van der Waals surface area contributed by atoms with Crippen molar-refractivity contribution in [3.63, 3.8) is 0 Å². The van der Waals surface area contributed by atoms with Crippen LogP contribution in [0.1, 0.15) is 18.7 Å². The van der Waals surface area contributed by atoms with E-state index in [4.69, 9.17) is 25.6 Å². The fourth-order valence-corrected chi connectivity index (χ4v) is 4.06. The fourth-order valence-electron chi connectivity index (χ4n) is 3.84. The molecule has 1 amide bonds. The van der Waals surface area contributed by atoms with E-state index in [1.54, 1.807) is 26.4 Å². The van der Waals surface area contributed by atoms with Crippen LogP contribution in [0.4, 0.5) is 10.1 Å². The summed E-state index contributed by atoms with van der Waals surface area (Å²) in [6.07, 6.45) is 1.60. The Kier molecular flexibility index (Phi) is 7.10. The number of anilines is 1. The molecule has 0 bridgehead atoms. The summed E-state index contributed by atoms with van der Waals surface area (Å²) in [6.45, 7) is 1.79. The van der Waals surface area contributed by atoms with E-state index in [9.17, 15) is 9.18 Å². The Bertz CT molecular complexity index is 1140. The van der Waals surface area contributed by atoms with E-state index < -0.39 is 5.82 Å². The lowest BCUT2D eigenvalue weighted by Gasteiger charge is -2.30. The Labute approximate surface area is 195 Å². The van der Waals surface area contributed by atoms with Crippen LogP contribution < -0.4 is 14.8 Å². The van der Waals surface area contributed by atoms with Crippen molar-refractivity contribution in [2.45, 2.75) is 19.4 Å². The standard InChI is InChI=1S/C23H24ClFN4O4/c1-31-19-8-5-14(10-20(19)32-2)22-27-21(33-28-22)13-29-9-3-4-15(12-29)23(30)26-18-7-6-16(25)11-17(18)24/h5-8,10-11,15H,3-4,9,12-13H2,1-2H3,(H,26,30). The van der Waals surface area contributed by atoms with E-state index in [0.717, 1.165) is 24.9 Å². The van der Waals surface area contributed by atoms with Crippen molar-refractivity contribution in [3.8, 4) is 22.9 Å². The maximum atomic E-state index is 13.2. The molecule has 1 aliphatic heterocycles. The maximum Gasteiger partial charge on any atom is 0.241 e. The first-order valence-corrected chi connectivity index (χ1v) is 10.9. The molecule has 33 heavy (non-hydrogen) atoms. The van der Waals surface area contributed by atoms with E-state index in [0.29, 0.717) is 42.0 Å². The lowest BCUT2D eigenvalue weighted by Crippen LogP contribution is -2.40. The summed E-state index contributed by atoms with van der Waals surface area (Å²) in [7, 11) is 3.14. The molecule has 0 spiro atoms. The molecule has 10 heteroatoms. The van der Waals surface area contributed by atoms with Gasteiger partial charge in [0.05, 0.1) is 37.4 Å². The number of halogens is 2. The topological polar surface area (TPSA) is 89.7 Å². The highest BCUT2D eigenvalue weighted by Crippen LogP contribution is 2.31. The van der Waals surface area contributed by atoms with Crippen LogP contribution in [0.5, 0.6) is 11.5 Å². The highest BCUT2D eigenvalue weighted by atomic mass is 35.5. The average Bonchev–Trinajstić information content (AvgIpc) is 3.29. The van der Waals surface area contributed by atoms with E-state index in [2.05, 4.69) is 20.4 Å². The minimum atomic E-state index is -0.450. The predicted octanol–water partition coefficient (Wildman–Crippen LogP) is 4.40.